The molecule has 0 fully saturated rings. The van der Waals surface area contributed by atoms with Crippen molar-refractivity contribution < 1.29 is 13.9 Å². The molecule has 6 heteroatoms. The highest BCUT2D eigenvalue weighted by molar-refractivity contribution is 14.1. The molecule has 0 aliphatic rings. The Labute approximate surface area is 158 Å². The van der Waals surface area contributed by atoms with Crippen molar-refractivity contribution >= 4 is 40.5 Å². The summed E-state index contributed by atoms with van der Waals surface area (Å²) in [7, 11) is 0. The summed E-state index contributed by atoms with van der Waals surface area (Å²) in [5, 5.41) is 0. The molecule has 3 rings (SSSR count). The predicted molar refractivity (Wildman–Crippen MR) is 104 cm³/mol. The summed E-state index contributed by atoms with van der Waals surface area (Å²) in [6, 6.07) is 17.1. The third-order valence-corrected chi connectivity index (χ3v) is 4.02. The lowest BCUT2D eigenvalue weighted by Crippen LogP contribution is -2.06. The fourth-order valence-corrected chi connectivity index (χ4v) is 2.37. The molecule has 0 atom stereocenters. The van der Waals surface area contributed by atoms with Crippen LogP contribution in [0.2, 0.25) is 0 Å². The zero-order valence-corrected chi connectivity index (χ0v) is 15.6. The fraction of sp³-hybridized carbons (Fsp3) is 0.105. The van der Waals surface area contributed by atoms with Gasteiger partial charge in [0.05, 0.1) is 11.9 Å². The smallest absolute Gasteiger partial charge is 0.322 e. The Morgan fingerprint density at radius 2 is 1.92 bits per heavy atom. The summed E-state index contributed by atoms with van der Waals surface area (Å²) in [4.78, 5) is 20.4. The number of rotatable bonds is 5. The first-order valence-corrected chi connectivity index (χ1v) is 8.80. The van der Waals surface area contributed by atoms with E-state index in [1.807, 2.05) is 54.6 Å². The molecule has 0 N–H and O–H groups in total. The van der Waals surface area contributed by atoms with E-state index in [1.54, 1.807) is 6.92 Å². The predicted octanol–water partition coefficient (Wildman–Crippen LogP) is 5.01. The molecule has 0 unspecified atom stereocenters. The molecule has 126 valence electrons. The Balaban J connectivity index is 1.93. The lowest BCUT2D eigenvalue weighted by Gasteiger charge is -1.98. The van der Waals surface area contributed by atoms with Crippen molar-refractivity contribution in [2.24, 2.45) is 4.99 Å². The van der Waals surface area contributed by atoms with Crippen LogP contribution in [0, 0.1) is 3.57 Å². The number of hydrogen-bond acceptors (Lipinski definition) is 5. The van der Waals surface area contributed by atoms with Gasteiger partial charge in [-0.25, -0.2) is 4.98 Å². The Kier molecular flexibility index (Phi) is 5.60. The van der Waals surface area contributed by atoms with Crippen LogP contribution in [0.25, 0.3) is 11.5 Å². The molecule has 5 nitrogen and oxygen atoms in total. The van der Waals surface area contributed by atoms with Crippen LogP contribution in [-0.4, -0.2) is 17.2 Å². The van der Waals surface area contributed by atoms with Gasteiger partial charge < -0.3 is 9.15 Å². The zero-order valence-electron chi connectivity index (χ0n) is 13.5. The molecule has 0 saturated heterocycles. The summed E-state index contributed by atoms with van der Waals surface area (Å²) in [5.74, 6) is 0.0446. The van der Waals surface area contributed by atoms with Gasteiger partial charge in [0.25, 0.3) is 0 Å². The summed E-state index contributed by atoms with van der Waals surface area (Å²) in [5.41, 5.74) is 1.95. The van der Waals surface area contributed by atoms with Crippen LogP contribution < -0.4 is 4.74 Å². The molecular formula is C19H15IN2O3. The number of carbonyl (C=O) groups is 1. The molecule has 3 aromatic rings. The van der Waals surface area contributed by atoms with Crippen LogP contribution in [-0.2, 0) is 4.79 Å². The van der Waals surface area contributed by atoms with E-state index in [4.69, 9.17) is 9.15 Å². The van der Waals surface area contributed by atoms with Crippen molar-refractivity contribution in [2.45, 2.75) is 13.3 Å². The molecule has 0 amide bonds. The van der Waals surface area contributed by atoms with E-state index in [9.17, 15) is 4.79 Å². The minimum absolute atomic E-state index is 0.0555. The number of nitrogens with zero attached hydrogens (tertiary/aromatic N) is 2. The Hall–Kier alpha value is -2.48. The second-order valence-corrected chi connectivity index (χ2v) is 6.37. The topological polar surface area (TPSA) is 64.7 Å². The van der Waals surface area contributed by atoms with Gasteiger partial charge in [-0.3, -0.25) is 9.79 Å². The summed E-state index contributed by atoms with van der Waals surface area (Å²) >= 11 is 2.23. The van der Waals surface area contributed by atoms with Crippen molar-refractivity contribution in [1.29, 1.82) is 0 Å². The van der Waals surface area contributed by atoms with E-state index in [-0.39, 0.29) is 18.3 Å². The number of carbonyl (C=O) groups excluding carboxylic acids is 1. The Morgan fingerprint density at radius 1 is 1.20 bits per heavy atom. The zero-order chi connectivity index (χ0) is 17.6. The molecule has 0 aliphatic carbocycles. The highest BCUT2D eigenvalue weighted by Gasteiger charge is 2.17. The molecular weight excluding hydrogens is 431 g/mol. The van der Waals surface area contributed by atoms with Gasteiger partial charge in [-0.05, 0) is 59.0 Å². The van der Waals surface area contributed by atoms with Gasteiger partial charge in [-0.15, -0.1) is 0 Å². The van der Waals surface area contributed by atoms with E-state index >= 15 is 0 Å². The van der Waals surface area contributed by atoms with E-state index < -0.39 is 0 Å². The van der Waals surface area contributed by atoms with Gasteiger partial charge in [0, 0.05) is 15.6 Å². The van der Waals surface area contributed by atoms with Crippen LogP contribution in [0.1, 0.15) is 19.0 Å². The second kappa shape index (κ2) is 8.06. The number of esters is 1. The normalized spacial score (nSPS) is 11.0. The monoisotopic (exact) mass is 446 g/mol. The van der Waals surface area contributed by atoms with Crippen LogP contribution in [0.4, 0.5) is 5.69 Å². The van der Waals surface area contributed by atoms with E-state index in [1.165, 1.54) is 6.21 Å². The number of halogens is 1. The van der Waals surface area contributed by atoms with Gasteiger partial charge in [0.15, 0.2) is 5.69 Å². The average Bonchev–Trinajstić information content (AvgIpc) is 3.04. The van der Waals surface area contributed by atoms with E-state index in [2.05, 4.69) is 32.6 Å². The first-order valence-electron chi connectivity index (χ1n) is 7.72. The molecule has 0 saturated carbocycles. The largest absolute Gasteiger partial charge is 0.405 e. The molecule has 1 heterocycles. The van der Waals surface area contributed by atoms with Crippen molar-refractivity contribution in [3.8, 4) is 17.4 Å². The maximum absolute atomic E-state index is 11.6. The van der Waals surface area contributed by atoms with Crippen LogP contribution >= 0.6 is 22.6 Å². The maximum Gasteiger partial charge on any atom is 0.322 e. The number of ether oxygens (including phenoxy) is 1. The summed E-state index contributed by atoms with van der Waals surface area (Å²) < 4.78 is 12.0. The minimum atomic E-state index is -0.389. The number of oxazole rings is 1. The molecule has 0 radical (unpaired) electrons. The third kappa shape index (κ3) is 4.54. The third-order valence-electron chi connectivity index (χ3n) is 3.30. The molecule has 0 aliphatic heterocycles. The van der Waals surface area contributed by atoms with Crippen molar-refractivity contribution in [1.82, 2.24) is 4.98 Å². The summed E-state index contributed by atoms with van der Waals surface area (Å²) in [6.45, 7) is 1.72. The standard InChI is InChI=1S/C19H15IN2O3/c1-2-17(23)24-19-16(12-21-15-10-8-14(20)9-11-15)22-18(25-19)13-6-4-3-5-7-13/h3-12H,2H2,1H3. The SMILES string of the molecule is CCC(=O)Oc1oc(-c2ccccc2)nc1C=Nc1ccc(I)cc1. The fourth-order valence-electron chi connectivity index (χ4n) is 2.02. The second-order valence-electron chi connectivity index (χ2n) is 5.12. The molecule has 25 heavy (non-hydrogen) atoms. The lowest BCUT2D eigenvalue weighted by atomic mass is 10.2. The van der Waals surface area contributed by atoms with Crippen LogP contribution in [0.5, 0.6) is 5.95 Å². The quantitative estimate of drug-likeness (QED) is 0.314. The van der Waals surface area contributed by atoms with Gasteiger partial charge >= 0.3 is 11.9 Å². The van der Waals surface area contributed by atoms with Crippen molar-refractivity contribution in [2.75, 3.05) is 0 Å². The van der Waals surface area contributed by atoms with Gasteiger partial charge in [0.2, 0.25) is 5.89 Å². The number of benzene rings is 2. The van der Waals surface area contributed by atoms with Gasteiger partial charge in [-0.1, -0.05) is 25.1 Å². The average molecular weight is 446 g/mol. The van der Waals surface area contributed by atoms with Crippen molar-refractivity contribution in [3.63, 3.8) is 0 Å². The van der Waals surface area contributed by atoms with E-state index in [0.29, 0.717) is 11.6 Å². The number of hydrogen-bond donors (Lipinski definition) is 0. The van der Waals surface area contributed by atoms with E-state index in [0.717, 1.165) is 14.8 Å². The Bertz CT molecular complexity index is 887. The molecule has 1 aromatic heterocycles. The van der Waals surface area contributed by atoms with Crippen molar-refractivity contribution in [3.05, 3.63) is 63.9 Å². The van der Waals surface area contributed by atoms with Gasteiger partial charge in [-0.2, -0.15) is 0 Å². The first kappa shape index (κ1) is 17.3. The molecule has 0 bridgehead atoms. The lowest BCUT2D eigenvalue weighted by molar-refractivity contribution is -0.135. The Morgan fingerprint density at radius 3 is 2.60 bits per heavy atom. The number of aliphatic imine (C=N–C) groups is 1. The molecule has 0 spiro atoms. The highest BCUT2D eigenvalue weighted by atomic mass is 127. The highest BCUT2D eigenvalue weighted by Crippen LogP contribution is 2.27. The maximum atomic E-state index is 11.6. The first-order chi connectivity index (χ1) is 12.2. The van der Waals surface area contributed by atoms with Crippen LogP contribution in [0.3, 0.4) is 0 Å². The van der Waals surface area contributed by atoms with Crippen LogP contribution in [0.15, 0.2) is 64.0 Å². The number of aromatic nitrogens is 1. The minimum Gasteiger partial charge on any atom is -0.405 e. The summed E-state index contributed by atoms with van der Waals surface area (Å²) in [6.07, 6.45) is 1.78. The molecule has 2 aromatic carbocycles. The van der Waals surface area contributed by atoms with Gasteiger partial charge in [0.1, 0.15) is 0 Å².